The van der Waals surface area contributed by atoms with E-state index >= 15 is 0 Å². The highest BCUT2D eigenvalue weighted by molar-refractivity contribution is 8.00. The summed E-state index contributed by atoms with van der Waals surface area (Å²) in [6.45, 7) is 5.65. The molecule has 4 nitrogen and oxygen atoms in total. The van der Waals surface area contributed by atoms with Crippen LogP contribution in [0.1, 0.15) is 45.4 Å². The van der Waals surface area contributed by atoms with Crippen molar-refractivity contribution in [2.45, 2.75) is 50.2 Å². The second kappa shape index (κ2) is 9.48. The zero-order valence-electron chi connectivity index (χ0n) is 12.4. The average molecular weight is 287 g/mol. The molecule has 0 aromatic rings. The second-order valence-electron chi connectivity index (χ2n) is 5.19. The van der Waals surface area contributed by atoms with Gasteiger partial charge >= 0.3 is 0 Å². The third kappa shape index (κ3) is 6.52. The van der Waals surface area contributed by atoms with Crippen LogP contribution in [0.5, 0.6) is 0 Å². The molecule has 1 rings (SSSR count). The van der Waals surface area contributed by atoms with Crippen LogP contribution < -0.4 is 11.1 Å². The summed E-state index contributed by atoms with van der Waals surface area (Å²) in [5.74, 6) is 0.594. The molecule has 19 heavy (non-hydrogen) atoms. The van der Waals surface area contributed by atoms with E-state index in [0.717, 1.165) is 39.1 Å². The van der Waals surface area contributed by atoms with Gasteiger partial charge in [0.05, 0.1) is 6.54 Å². The molecular weight excluding hydrogens is 258 g/mol. The number of aliphatic imine (C=N–C) groups is 1. The molecule has 1 fully saturated rings. The van der Waals surface area contributed by atoms with Gasteiger partial charge in [-0.2, -0.15) is 11.8 Å². The van der Waals surface area contributed by atoms with E-state index in [2.05, 4.69) is 23.5 Å². The van der Waals surface area contributed by atoms with Crippen molar-refractivity contribution in [1.82, 2.24) is 5.32 Å². The van der Waals surface area contributed by atoms with Crippen molar-refractivity contribution in [3.63, 3.8) is 0 Å². The van der Waals surface area contributed by atoms with Gasteiger partial charge in [-0.3, -0.25) is 4.99 Å². The molecule has 0 radical (unpaired) electrons. The lowest BCUT2D eigenvalue weighted by molar-refractivity contribution is 0.0794. The third-order valence-electron chi connectivity index (χ3n) is 3.71. The fourth-order valence-electron chi connectivity index (χ4n) is 2.22. The fourth-order valence-corrected chi connectivity index (χ4v) is 2.99. The number of guanidine groups is 1. The largest absolute Gasteiger partial charge is 0.381 e. The normalized spacial score (nSPS) is 19.4. The van der Waals surface area contributed by atoms with Crippen molar-refractivity contribution < 1.29 is 4.74 Å². The Bertz CT molecular complexity index is 265. The fraction of sp³-hybridized carbons (Fsp3) is 0.929. The van der Waals surface area contributed by atoms with Gasteiger partial charge in [0.2, 0.25) is 0 Å². The number of thioether (sulfide) groups is 1. The van der Waals surface area contributed by atoms with Crippen molar-refractivity contribution in [2.75, 3.05) is 32.6 Å². The van der Waals surface area contributed by atoms with E-state index in [4.69, 9.17) is 10.5 Å². The summed E-state index contributed by atoms with van der Waals surface area (Å²) in [5.41, 5.74) is 5.92. The lowest BCUT2D eigenvalue weighted by atomic mass is 9.99. The van der Waals surface area contributed by atoms with Crippen LogP contribution in [0.3, 0.4) is 0 Å². The maximum atomic E-state index is 5.92. The molecule has 0 spiro atoms. The third-order valence-corrected chi connectivity index (χ3v) is 5.11. The minimum Gasteiger partial charge on any atom is -0.381 e. The number of nitrogens with two attached hydrogens (primary N) is 1. The van der Waals surface area contributed by atoms with Crippen LogP contribution in [0.25, 0.3) is 0 Å². The number of rotatable bonds is 8. The Morgan fingerprint density at radius 3 is 2.68 bits per heavy atom. The lowest BCUT2D eigenvalue weighted by Crippen LogP contribution is -2.39. The van der Waals surface area contributed by atoms with Gasteiger partial charge in [0.25, 0.3) is 0 Å². The first-order valence-corrected chi connectivity index (χ1v) is 8.61. The van der Waals surface area contributed by atoms with Gasteiger partial charge in [-0.05, 0) is 25.5 Å². The Balaban J connectivity index is 2.25. The van der Waals surface area contributed by atoms with Gasteiger partial charge < -0.3 is 15.8 Å². The molecule has 1 aliphatic heterocycles. The Kier molecular flexibility index (Phi) is 8.30. The molecule has 0 unspecified atom stereocenters. The highest BCUT2D eigenvalue weighted by Gasteiger charge is 2.31. The van der Waals surface area contributed by atoms with E-state index in [0.29, 0.717) is 5.96 Å². The van der Waals surface area contributed by atoms with Gasteiger partial charge in [-0.15, -0.1) is 0 Å². The maximum absolute atomic E-state index is 5.92. The minimum absolute atomic E-state index is 0.229. The molecule has 0 atom stereocenters. The standard InChI is InChI=1S/C14H29N3OS/c1-3-4-5-6-9-16-13(15)17-12-14(19-2)7-10-18-11-8-14/h3-12H2,1-2H3,(H3,15,16,17). The number of hydrogen-bond donors (Lipinski definition) is 2. The summed E-state index contributed by atoms with van der Waals surface area (Å²) in [6.07, 6.45) is 9.31. The monoisotopic (exact) mass is 287 g/mol. The van der Waals surface area contributed by atoms with Crippen LogP contribution in [0, 0.1) is 0 Å². The number of hydrogen-bond acceptors (Lipinski definition) is 3. The predicted octanol–water partition coefficient (Wildman–Crippen LogP) is 2.38. The van der Waals surface area contributed by atoms with E-state index in [1.807, 2.05) is 11.8 Å². The quantitative estimate of drug-likeness (QED) is 0.409. The van der Waals surface area contributed by atoms with E-state index in [9.17, 15) is 0 Å². The van der Waals surface area contributed by atoms with Gasteiger partial charge in [0.1, 0.15) is 0 Å². The van der Waals surface area contributed by atoms with Gasteiger partial charge in [-0.25, -0.2) is 0 Å². The van der Waals surface area contributed by atoms with E-state index in [-0.39, 0.29) is 4.75 Å². The molecule has 1 heterocycles. The van der Waals surface area contributed by atoms with E-state index in [1.165, 1.54) is 25.7 Å². The Labute approximate surface area is 121 Å². The molecule has 0 amide bonds. The summed E-state index contributed by atoms with van der Waals surface area (Å²) in [5, 5.41) is 3.21. The predicted molar refractivity (Wildman–Crippen MR) is 84.9 cm³/mol. The van der Waals surface area contributed by atoms with Gasteiger partial charge in [0, 0.05) is 24.5 Å². The molecule has 0 aliphatic carbocycles. The van der Waals surface area contributed by atoms with E-state index < -0.39 is 0 Å². The first-order chi connectivity index (χ1) is 9.22. The Hall–Kier alpha value is -0.420. The second-order valence-corrected chi connectivity index (χ2v) is 6.46. The van der Waals surface area contributed by atoms with Crippen molar-refractivity contribution in [3.8, 4) is 0 Å². The molecule has 3 N–H and O–H groups in total. The van der Waals surface area contributed by atoms with Crippen LogP contribution in [-0.4, -0.2) is 43.3 Å². The molecule has 0 aromatic heterocycles. The summed E-state index contributed by atoms with van der Waals surface area (Å²) < 4.78 is 5.66. The SMILES string of the molecule is CCCCCCNC(N)=NCC1(SC)CCOCC1. The van der Waals surface area contributed by atoms with Crippen molar-refractivity contribution >= 4 is 17.7 Å². The van der Waals surface area contributed by atoms with E-state index in [1.54, 1.807) is 0 Å². The highest BCUT2D eigenvalue weighted by atomic mass is 32.2. The van der Waals surface area contributed by atoms with Crippen molar-refractivity contribution in [1.29, 1.82) is 0 Å². The lowest BCUT2D eigenvalue weighted by Gasteiger charge is -2.34. The van der Waals surface area contributed by atoms with Gasteiger partial charge in [0.15, 0.2) is 5.96 Å². The highest BCUT2D eigenvalue weighted by Crippen LogP contribution is 2.33. The summed E-state index contributed by atoms with van der Waals surface area (Å²) >= 11 is 1.90. The molecule has 1 aliphatic rings. The van der Waals surface area contributed by atoms with Crippen molar-refractivity contribution in [2.24, 2.45) is 10.7 Å². The Morgan fingerprint density at radius 1 is 1.32 bits per heavy atom. The van der Waals surface area contributed by atoms with Crippen LogP contribution in [0.15, 0.2) is 4.99 Å². The van der Waals surface area contributed by atoms with Crippen LogP contribution in [0.2, 0.25) is 0 Å². The zero-order chi connectivity index (χ0) is 14.0. The molecule has 1 saturated heterocycles. The maximum Gasteiger partial charge on any atom is 0.188 e. The number of nitrogens with one attached hydrogen (secondary N) is 1. The molecule has 0 saturated carbocycles. The molecule has 0 aromatic carbocycles. The summed E-state index contributed by atoms with van der Waals surface area (Å²) in [6, 6.07) is 0. The smallest absolute Gasteiger partial charge is 0.188 e. The molecule has 112 valence electrons. The summed E-state index contributed by atoms with van der Waals surface area (Å²) in [7, 11) is 0. The number of nitrogens with zero attached hydrogens (tertiary/aromatic N) is 1. The topological polar surface area (TPSA) is 59.6 Å². The first-order valence-electron chi connectivity index (χ1n) is 7.39. The molecule has 0 bridgehead atoms. The van der Waals surface area contributed by atoms with Crippen LogP contribution in [-0.2, 0) is 4.74 Å². The first kappa shape index (κ1) is 16.6. The number of unbranched alkanes of at least 4 members (excludes halogenated alkanes) is 3. The number of ether oxygens (including phenoxy) is 1. The summed E-state index contributed by atoms with van der Waals surface area (Å²) in [4.78, 5) is 4.52. The Morgan fingerprint density at radius 2 is 2.05 bits per heavy atom. The average Bonchev–Trinajstić information content (AvgIpc) is 2.46. The molecular formula is C14H29N3OS. The van der Waals surface area contributed by atoms with Gasteiger partial charge in [-0.1, -0.05) is 26.2 Å². The van der Waals surface area contributed by atoms with Crippen LogP contribution >= 0.6 is 11.8 Å². The molecule has 5 heteroatoms. The minimum atomic E-state index is 0.229. The zero-order valence-corrected chi connectivity index (χ0v) is 13.2. The van der Waals surface area contributed by atoms with Crippen LogP contribution in [0.4, 0.5) is 0 Å². The van der Waals surface area contributed by atoms with Crippen molar-refractivity contribution in [3.05, 3.63) is 0 Å².